The van der Waals surface area contributed by atoms with Crippen LogP contribution in [0.5, 0.6) is 0 Å². The number of carbonyl (C=O) groups is 1. The van der Waals surface area contributed by atoms with Gasteiger partial charge in [0, 0.05) is 18.3 Å². The van der Waals surface area contributed by atoms with Gasteiger partial charge in [-0.25, -0.2) is 4.79 Å². The Morgan fingerprint density at radius 3 is 2.32 bits per heavy atom. The maximum Gasteiger partial charge on any atom is 0.492 e. The molecule has 7 nitrogen and oxygen atoms in total. The van der Waals surface area contributed by atoms with E-state index in [1.807, 2.05) is 33.8 Å². The first-order chi connectivity index (χ1) is 12.7. The van der Waals surface area contributed by atoms with Crippen molar-refractivity contribution >= 4 is 19.3 Å². The van der Waals surface area contributed by atoms with Gasteiger partial charge in [-0.05, 0) is 72.5 Å². The lowest BCUT2D eigenvalue weighted by Gasteiger charge is -2.32. The number of rotatable bonds is 4. The van der Waals surface area contributed by atoms with E-state index in [9.17, 15) is 9.59 Å². The molecule has 2 heterocycles. The summed E-state index contributed by atoms with van der Waals surface area (Å²) in [4.78, 5) is 26.4. The number of aryl methyl sites for hydroxylation is 1. The molecule has 1 amide bonds. The van der Waals surface area contributed by atoms with Crippen molar-refractivity contribution in [2.75, 3.05) is 6.54 Å². The third-order valence-electron chi connectivity index (χ3n) is 4.86. The predicted molar refractivity (Wildman–Crippen MR) is 110 cm³/mol. The maximum absolute atomic E-state index is 12.1. The molecule has 0 unspecified atom stereocenters. The zero-order valence-electron chi connectivity index (χ0n) is 18.1. The van der Waals surface area contributed by atoms with Gasteiger partial charge in [0.15, 0.2) is 0 Å². The fourth-order valence-corrected chi connectivity index (χ4v) is 2.60. The van der Waals surface area contributed by atoms with Crippen LogP contribution >= 0.6 is 0 Å². The van der Waals surface area contributed by atoms with Crippen molar-refractivity contribution in [3.05, 3.63) is 39.2 Å². The summed E-state index contributed by atoms with van der Waals surface area (Å²) in [6.07, 6.45) is 2.95. The van der Waals surface area contributed by atoms with Crippen LogP contribution in [0.4, 0.5) is 4.79 Å². The third-order valence-corrected chi connectivity index (χ3v) is 4.86. The minimum atomic E-state index is -0.632. The SMILES string of the molecule is Cc1cc(C=C(CNC(=O)OC(C)(C)C)B2OC(C)(C)C(C)(C)O2)c[nH]c1=O. The van der Waals surface area contributed by atoms with Gasteiger partial charge in [-0.15, -0.1) is 0 Å². The number of hydrogen-bond donors (Lipinski definition) is 2. The average Bonchev–Trinajstić information content (AvgIpc) is 2.73. The molecule has 8 heteroatoms. The van der Waals surface area contributed by atoms with E-state index < -0.39 is 30.0 Å². The van der Waals surface area contributed by atoms with Crippen LogP contribution in [0.2, 0.25) is 0 Å². The Bertz CT molecular complexity index is 805. The number of amides is 1. The van der Waals surface area contributed by atoms with E-state index in [0.29, 0.717) is 5.56 Å². The molecular formula is C20H31BN2O5. The first-order valence-electron chi connectivity index (χ1n) is 9.42. The molecule has 1 aromatic rings. The highest BCUT2D eigenvalue weighted by Crippen LogP contribution is 2.38. The van der Waals surface area contributed by atoms with Gasteiger partial charge in [0.1, 0.15) is 5.60 Å². The van der Waals surface area contributed by atoms with Crippen molar-refractivity contribution in [1.29, 1.82) is 0 Å². The molecule has 2 N–H and O–H groups in total. The number of H-pyrrole nitrogens is 1. The van der Waals surface area contributed by atoms with Crippen LogP contribution in [0.3, 0.4) is 0 Å². The lowest BCUT2D eigenvalue weighted by molar-refractivity contribution is 0.00578. The standard InChI is InChI=1S/C20H31BN2O5/c1-13-9-14(11-22-16(13)24)10-15(12-23-17(25)26-18(2,3)4)21-27-19(5,6)20(7,8)28-21/h9-11H,12H2,1-8H3,(H,22,24)(H,23,25). The Balaban J connectivity index is 2.28. The maximum atomic E-state index is 12.1. The fraction of sp³-hybridized carbons (Fsp3) is 0.600. The summed E-state index contributed by atoms with van der Waals surface area (Å²) in [5.74, 6) is 0. The van der Waals surface area contributed by atoms with E-state index in [2.05, 4.69) is 10.3 Å². The summed E-state index contributed by atoms with van der Waals surface area (Å²) in [6.45, 7) is 15.2. The molecule has 0 atom stereocenters. The summed E-state index contributed by atoms with van der Waals surface area (Å²) in [5, 5.41) is 2.76. The first kappa shape index (κ1) is 22.2. The summed E-state index contributed by atoms with van der Waals surface area (Å²) in [6, 6.07) is 1.78. The molecule has 28 heavy (non-hydrogen) atoms. The average molecular weight is 390 g/mol. The second-order valence-corrected chi connectivity index (χ2v) is 9.11. The predicted octanol–water partition coefficient (Wildman–Crippen LogP) is 3.22. The molecule has 154 valence electrons. The number of carbonyl (C=O) groups excluding carboxylic acids is 1. The monoisotopic (exact) mass is 390 g/mol. The molecule has 1 fully saturated rings. The van der Waals surface area contributed by atoms with E-state index in [1.165, 1.54) is 0 Å². The molecule has 0 radical (unpaired) electrons. The van der Waals surface area contributed by atoms with E-state index in [0.717, 1.165) is 11.0 Å². The lowest BCUT2D eigenvalue weighted by Crippen LogP contribution is -2.41. The number of hydrogen-bond acceptors (Lipinski definition) is 5. The summed E-state index contributed by atoms with van der Waals surface area (Å²) < 4.78 is 17.6. The molecule has 0 aromatic carbocycles. The summed E-state index contributed by atoms with van der Waals surface area (Å²) >= 11 is 0. The van der Waals surface area contributed by atoms with Gasteiger partial charge in [0.25, 0.3) is 5.56 Å². The Morgan fingerprint density at radius 1 is 1.25 bits per heavy atom. The molecular weight excluding hydrogens is 359 g/mol. The third kappa shape index (κ3) is 5.48. The number of nitrogens with one attached hydrogen (secondary N) is 2. The Labute approximate surface area is 167 Å². The van der Waals surface area contributed by atoms with Crippen molar-refractivity contribution in [2.24, 2.45) is 0 Å². The van der Waals surface area contributed by atoms with Gasteiger partial charge in [-0.2, -0.15) is 0 Å². The van der Waals surface area contributed by atoms with Crippen LogP contribution in [0.1, 0.15) is 59.6 Å². The van der Waals surface area contributed by atoms with Crippen LogP contribution in [0.25, 0.3) is 6.08 Å². The molecule has 2 rings (SSSR count). The number of aromatic nitrogens is 1. The number of ether oxygens (including phenoxy) is 1. The van der Waals surface area contributed by atoms with Crippen LogP contribution in [-0.4, -0.2) is 41.5 Å². The van der Waals surface area contributed by atoms with Gasteiger partial charge in [0.2, 0.25) is 0 Å². The highest BCUT2D eigenvalue weighted by molar-refractivity contribution is 6.56. The largest absolute Gasteiger partial charge is 0.492 e. The van der Waals surface area contributed by atoms with Crippen LogP contribution in [-0.2, 0) is 14.0 Å². The van der Waals surface area contributed by atoms with Crippen molar-refractivity contribution in [2.45, 2.75) is 72.2 Å². The smallest absolute Gasteiger partial charge is 0.444 e. The molecule has 1 aliphatic rings. The second-order valence-electron chi connectivity index (χ2n) is 9.11. The molecule has 0 bridgehead atoms. The molecule has 1 saturated heterocycles. The Kier molecular flexibility index (Phi) is 6.16. The van der Waals surface area contributed by atoms with Crippen LogP contribution in [0.15, 0.2) is 22.5 Å². The van der Waals surface area contributed by atoms with E-state index in [-0.39, 0.29) is 12.1 Å². The lowest BCUT2D eigenvalue weighted by atomic mass is 9.77. The van der Waals surface area contributed by atoms with E-state index >= 15 is 0 Å². The number of aromatic amines is 1. The minimum absolute atomic E-state index is 0.138. The first-order valence-corrected chi connectivity index (χ1v) is 9.42. The number of alkyl carbamates (subject to hydrolysis) is 1. The minimum Gasteiger partial charge on any atom is -0.444 e. The zero-order valence-corrected chi connectivity index (χ0v) is 18.1. The fourth-order valence-electron chi connectivity index (χ4n) is 2.60. The highest BCUT2D eigenvalue weighted by Gasteiger charge is 2.52. The van der Waals surface area contributed by atoms with Crippen molar-refractivity contribution in [1.82, 2.24) is 10.3 Å². The molecule has 0 aliphatic carbocycles. The van der Waals surface area contributed by atoms with Crippen LogP contribution in [0, 0.1) is 6.92 Å². The Hall–Kier alpha value is -2.06. The van der Waals surface area contributed by atoms with Crippen molar-refractivity contribution in [3.8, 4) is 0 Å². The van der Waals surface area contributed by atoms with Crippen molar-refractivity contribution < 1.29 is 18.8 Å². The van der Waals surface area contributed by atoms with Gasteiger partial charge < -0.3 is 24.3 Å². The number of pyridine rings is 1. The Morgan fingerprint density at radius 2 is 1.82 bits per heavy atom. The van der Waals surface area contributed by atoms with Gasteiger partial charge >= 0.3 is 13.2 Å². The normalized spacial score (nSPS) is 18.9. The molecule has 1 aliphatic heterocycles. The van der Waals surface area contributed by atoms with Gasteiger partial charge in [-0.3, -0.25) is 4.79 Å². The molecule has 1 aromatic heterocycles. The second kappa shape index (κ2) is 7.76. The molecule has 0 spiro atoms. The summed E-state index contributed by atoms with van der Waals surface area (Å²) in [5.41, 5.74) is 0.355. The summed E-state index contributed by atoms with van der Waals surface area (Å²) in [7, 11) is -0.632. The highest BCUT2D eigenvalue weighted by atomic mass is 16.7. The zero-order chi connectivity index (χ0) is 21.3. The van der Waals surface area contributed by atoms with Crippen molar-refractivity contribution in [3.63, 3.8) is 0 Å². The quantitative estimate of drug-likeness (QED) is 0.771. The van der Waals surface area contributed by atoms with Crippen LogP contribution < -0.4 is 10.9 Å². The van der Waals surface area contributed by atoms with Gasteiger partial charge in [-0.1, -0.05) is 6.08 Å². The topological polar surface area (TPSA) is 89.7 Å². The molecule has 0 saturated carbocycles. The van der Waals surface area contributed by atoms with Gasteiger partial charge in [0.05, 0.1) is 11.2 Å². The van der Waals surface area contributed by atoms with E-state index in [1.54, 1.807) is 40.0 Å². The van der Waals surface area contributed by atoms with E-state index in [4.69, 9.17) is 14.0 Å².